The molecule has 0 bridgehead atoms. The molecule has 0 spiro atoms. The average molecular weight is 280 g/mol. The van der Waals surface area contributed by atoms with Crippen molar-refractivity contribution in [2.24, 2.45) is 0 Å². The van der Waals surface area contributed by atoms with E-state index in [9.17, 15) is 13.2 Å². The Hall–Kier alpha value is -0.820. The average Bonchev–Trinajstić information content (AvgIpc) is 2.69. The smallest absolute Gasteiger partial charge is 0.431 e. The fraction of sp³-hybridized carbons (Fsp3) is 0.909. The first-order chi connectivity index (χ1) is 8.56. The Bertz CT molecular complexity index is 335. The molecule has 6 nitrogen and oxygen atoms in total. The van der Waals surface area contributed by atoms with Crippen LogP contribution in [0.15, 0.2) is 0 Å². The number of cyclic esters (lactones) is 2. The highest BCUT2D eigenvalue weighted by Crippen LogP contribution is 2.23. The zero-order valence-electron chi connectivity index (χ0n) is 10.6. The molecule has 1 aliphatic carbocycles. The SMILES string of the molecule is COS(=O)(=O)C1CCCCCC1.O=C1OCCO1. The highest BCUT2D eigenvalue weighted by Gasteiger charge is 2.25. The summed E-state index contributed by atoms with van der Waals surface area (Å²) >= 11 is 0. The van der Waals surface area contributed by atoms with Crippen LogP contribution in [0, 0.1) is 0 Å². The maximum absolute atomic E-state index is 11.3. The van der Waals surface area contributed by atoms with Gasteiger partial charge in [0.25, 0.3) is 10.1 Å². The van der Waals surface area contributed by atoms with Crippen molar-refractivity contribution in [2.45, 2.75) is 43.8 Å². The minimum absolute atomic E-state index is 0.245. The van der Waals surface area contributed by atoms with Gasteiger partial charge in [0.05, 0.1) is 12.4 Å². The van der Waals surface area contributed by atoms with E-state index in [4.69, 9.17) is 0 Å². The van der Waals surface area contributed by atoms with Gasteiger partial charge in [0.2, 0.25) is 0 Å². The Morgan fingerprint density at radius 1 is 1.06 bits per heavy atom. The molecule has 0 aromatic carbocycles. The number of rotatable bonds is 2. The second-order valence-corrected chi connectivity index (χ2v) is 6.21. The maximum atomic E-state index is 11.3. The third-order valence-electron chi connectivity index (χ3n) is 2.97. The Kier molecular flexibility index (Phi) is 6.42. The second-order valence-electron chi connectivity index (χ2n) is 4.22. The molecule has 0 amide bonds. The fourth-order valence-corrected chi connectivity index (χ4v) is 3.14. The van der Waals surface area contributed by atoms with Gasteiger partial charge in [-0.3, -0.25) is 4.18 Å². The fourth-order valence-electron chi connectivity index (χ4n) is 1.96. The summed E-state index contributed by atoms with van der Waals surface area (Å²) in [5.74, 6) is 0. The van der Waals surface area contributed by atoms with Crippen molar-refractivity contribution in [1.82, 2.24) is 0 Å². The molecule has 0 atom stereocenters. The minimum Gasteiger partial charge on any atom is -0.431 e. The third-order valence-corrected chi connectivity index (χ3v) is 4.72. The molecular formula is C11H20O6S. The molecule has 1 aliphatic heterocycles. The van der Waals surface area contributed by atoms with Crippen molar-refractivity contribution < 1.29 is 26.9 Å². The summed E-state index contributed by atoms with van der Waals surface area (Å²) in [6.45, 7) is 0.831. The summed E-state index contributed by atoms with van der Waals surface area (Å²) in [6, 6.07) is 0. The normalized spacial score (nSPS) is 21.3. The van der Waals surface area contributed by atoms with E-state index in [1.807, 2.05) is 0 Å². The van der Waals surface area contributed by atoms with Crippen LogP contribution in [0.25, 0.3) is 0 Å². The molecule has 2 aliphatic rings. The maximum Gasteiger partial charge on any atom is 0.508 e. The molecular weight excluding hydrogens is 260 g/mol. The van der Waals surface area contributed by atoms with Gasteiger partial charge in [-0.05, 0) is 12.8 Å². The summed E-state index contributed by atoms with van der Waals surface area (Å²) in [4.78, 5) is 9.80. The van der Waals surface area contributed by atoms with Gasteiger partial charge in [0.15, 0.2) is 0 Å². The van der Waals surface area contributed by atoms with E-state index in [1.165, 1.54) is 7.11 Å². The summed E-state index contributed by atoms with van der Waals surface area (Å²) in [6.07, 6.45) is 5.37. The number of hydrogen-bond donors (Lipinski definition) is 0. The summed E-state index contributed by atoms with van der Waals surface area (Å²) < 4.78 is 35.7. The summed E-state index contributed by atoms with van der Waals surface area (Å²) in [7, 11) is -1.99. The van der Waals surface area contributed by atoms with Gasteiger partial charge in [-0.15, -0.1) is 0 Å². The van der Waals surface area contributed by atoms with Crippen LogP contribution in [-0.4, -0.2) is 40.1 Å². The highest BCUT2D eigenvalue weighted by molar-refractivity contribution is 7.87. The molecule has 0 radical (unpaired) electrons. The van der Waals surface area contributed by atoms with Crippen LogP contribution in [-0.2, 0) is 23.8 Å². The quantitative estimate of drug-likeness (QED) is 0.436. The lowest BCUT2D eigenvalue weighted by molar-refractivity contribution is 0.131. The monoisotopic (exact) mass is 280 g/mol. The van der Waals surface area contributed by atoms with Crippen LogP contribution in [0.4, 0.5) is 4.79 Å². The van der Waals surface area contributed by atoms with E-state index in [1.54, 1.807) is 0 Å². The van der Waals surface area contributed by atoms with Crippen LogP contribution in [0.1, 0.15) is 38.5 Å². The molecule has 1 heterocycles. The van der Waals surface area contributed by atoms with Crippen LogP contribution in [0.2, 0.25) is 0 Å². The van der Waals surface area contributed by atoms with Gasteiger partial charge in [0, 0.05) is 0 Å². The van der Waals surface area contributed by atoms with Crippen molar-refractivity contribution in [3.63, 3.8) is 0 Å². The first-order valence-corrected chi connectivity index (χ1v) is 7.62. The van der Waals surface area contributed by atoms with Crippen molar-refractivity contribution in [1.29, 1.82) is 0 Å². The number of carbonyl (C=O) groups is 1. The molecule has 0 aromatic heterocycles. The predicted molar refractivity (Wildman–Crippen MR) is 64.7 cm³/mol. The van der Waals surface area contributed by atoms with Gasteiger partial charge in [-0.1, -0.05) is 25.7 Å². The minimum atomic E-state index is -3.24. The van der Waals surface area contributed by atoms with Crippen molar-refractivity contribution >= 4 is 16.3 Å². The number of carbonyl (C=O) groups excluding carboxylic acids is 1. The molecule has 2 fully saturated rings. The molecule has 0 aromatic rings. The third kappa shape index (κ3) is 5.22. The number of ether oxygens (including phenoxy) is 2. The molecule has 18 heavy (non-hydrogen) atoms. The van der Waals surface area contributed by atoms with E-state index in [0.717, 1.165) is 38.5 Å². The Balaban J connectivity index is 0.000000225. The first-order valence-electron chi connectivity index (χ1n) is 6.15. The Morgan fingerprint density at radius 3 is 1.89 bits per heavy atom. The topological polar surface area (TPSA) is 78.9 Å². The van der Waals surface area contributed by atoms with Crippen molar-refractivity contribution in [3.05, 3.63) is 0 Å². The molecule has 2 rings (SSSR count). The largest absolute Gasteiger partial charge is 0.508 e. The van der Waals surface area contributed by atoms with Crippen LogP contribution < -0.4 is 0 Å². The molecule has 1 saturated carbocycles. The number of hydrogen-bond acceptors (Lipinski definition) is 6. The van der Waals surface area contributed by atoms with E-state index in [-0.39, 0.29) is 5.25 Å². The van der Waals surface area contributed by atoms with Crippen LogP contribution >= 0.6 is 0 Å². The van der Waals surface area contributed by atoms with E-state index in [2.05, 4.69) is 13.7 Å². The van der Waals surface area contributed by atoms with Crippen molar-refractivity contribution in [2.75, 3.05) is 20.3 Å². The van der Waals surface area contributed by atoms with Crippen LogP contribution in [0.5, 0.6) is 0 Å². The van der Waals surface area contributed by atoms with Gasteiger partial charge in [0.1, 0.15) is 13.2 Å². The molecule has 106 valence electrons. The lowest BCUT2D eigenvalue weighted by atomic mass is 10.2. The standard InChI is InChI=1S/C8H16O3S.C3H4O3/c1-11-12(9,10)8-6-4-2-3-5-7-8;4-3-5-1-2-6-3/h8H,2-7H2,1H3;1-2H2. The lowest BCUT2D eigenvalue weighted by Crippen LogP contribution is -2.21. The van der Waals surface area contributed by atoms with E-state index in [0.29, 0.717) is 13.2 Å². The summed E-state index contributed by atoms with van der Waals surface area (Å²) in [5.41, 5.74) is 0. The lowest BCUT2D eigenvalue weighted by Gasteiger charge is -2.12. The Morgan fingerprint density at radius 2 is 1.56 bits per heavy atom. The molecule has 1 saturated heterocycles. The zero-order chi connectivity index (χ0) is 13.4. The highest BCUT2D eigenvalue weighted by atomic mass is 32.2. The predicted octanol–water partition coefficient (Wildman–Crippen LogP) is 1.84. The zero-order valence-corrected chi connectivity index (χ0v) is 11.4. The second kappa shape index (κ2) is 7.58. The molecule has 0 N–H and O–H groups in total. The van der Waals surface area contributed by atoms with E-state index < -0.39 is 16.3 Å². The Labute approximate surface area is 108 Å². The van der Waals surface area contributed by atoms with Crippen LogP contribution in [0.3, 0.4) is 0 Å². The summed E-state index contributed by atoms with van der Waals surface area (Å²) in [5, 5.41) is -0.245. The van der Waals surface area contributed by atoms with Gasteiger partial charge >= 0.3 is 6.16 Å². The van der Waals surface area contributed by atoms with Gasteiger partial charge < -0.3 is 9.47 Å². The van der Waals surface area contributed by atoms with E-state index >= 15 is 0 Å². The van der Waals surface area contributed by atoms with Gasteiger partial charge in [-0.25, -0.2) is 4.79 Å². The first kappa shape index (κ1) is 15.2. The van der Waals surface area contributed by atoms with Gasteiger partial charge in [-0.2, -0.15) is 8.42 Å². The molecule has 7 heteroatoms. The molecule has 0 unspecified atom stereocenters. The van der Waals surface area contributed by atoms with Crippen molar-refractivity contribution in [3.8, 4) is 0 Å².